The van der Waals surface area contributed by atoms with E-state index in [1.807, 2.05) is 92.0 Å². The first-order valence-corrected chi connectivity index (χ1v) is 11.1. The Morgan fingerprint density at radius 1 is 1.00 bits per heavy atom. The first kappa shape index (κ1) is 20.2. The lowest BCUT2D eigenvalue weighted by atomic mass is 9.82. The summed E-state index contributed by atoms with van der Waals surface area (Å²) in [7, 11) is 0. The van der Waals surface area contributed by atoms with E-state index in [-0.39, 0.29) is 11.8 Å². The van der Waals surface area contributed by atoms with Crippen LogP contribution in [-0.2, 0) is 17.8 Å². The maximum Gasteiger partial charge on any atom is 0.259 e. The van der Waals surface area contributed by atoms with Crippen LogP contribution in [0.2, 0.25) is 0 Å². The summed E-state index contributed by atoms with van der Waals surface area (Å²) in [6.45, 7) is 2.27. The molecular weight excluding hydrogens is 392 g/mol. The Balaban J connectivity index is 1.71. The summed E-state index contributed by atoms with van der Waals surface area (Å²) in [4.78, 5) is 29.7. The fourth-order valence-corrected chi connectivity index (χ4v) is 4.37. The van der Waals surface area contributed by atoms with Gasteiger partial charge in [-0.05, 0) is 54.6 Å². The average molecular weight is 417 g/mol. The van der Waals surface area contributed by atoms with E-state index in [9.17, 15) is 9.59 Å². The summed E-state index contributed by atoms with van der Waals surface area (Å²) >= 11 is 1.64. The van der Waals surface area contributed by atoms with Crippen LogP contribution in [-0.4, -0.2) is 23.6 Å². The van der Waals surface area contributed by atoms with Crippen LogP contribution < -0.4 is 10.2 Å². The molecule has 0 spiro atoms. The number of nitrogens with one attached hydrogen (secondary N) is 1. The normalized spacial score (nSPS) is 18.1. The highest BCUT2D eigenvalue weighted by molar-refractivity contribution is 7.98. The molecule has 0 aliphatic carbocycles. The molecule has 1 N–H and O–H groups in total. The smallest absolute Gasteiger partial charge is 0.259 e. The maximum absolute atomic E-state index is 13.5. The molecule has 1 atom stereocenters. The van der Waals surface area contributed by atoms with Crippen molar-refractivity contribution in [2.24, 2.45) is 0 Å². The SMILES string of the molecule is CSc1ccc(N2C(=O)c3ccccc3C[C@@]2(C)C(=O)NCc2ccccc2)cc1. The van der Waals surface area contributed by atoms with Crippen molar-refractivity contribution in [3.63, 3.8) is 0 Å². The number of benzene rings is 3. The summed E-state index contributed by atoms with van der Waals surface area (Å²) < 4.78 is 0. The van der Waals surface area contributed by atoms with E-state index in [1.165, 1.54) is 0 Å². The molecule has 0 saturated carbocycles. The minimum absolute atomic E-state index is 0.147. The van der Waals surface area contributed by atoms with E-state index in [4.69, 9.17) is 0 Å². The second-order valence-corrected chi connectivity index (χ2v) is 8.49. The number of carbonyl (C=O) groups is 2. The monoisotopic (exact) mass is 416 g/mol. The van der Waals surface area contributed by atoms with Crippen molar-refractivity contribution in [2.45, 2.75) is 30.3 Å². The van der Waals surface area contributed by atoms with Gasteiger partial charge in [-0.15, -0.1) is 11.8 Å². The van der Waals surface area contributed by atoms with Crippen molar-refractivity contribution in [3.8, 4) is 0 Å². The topological polar surface area (TPSA) is 49.4 Å². The van der Waals surface area contributed by atoms with Gasteiger partial charge in [0.2, 0.25) is 5.91 Å². The molecule has 0 aromatic heterocycles. The maximum atomic E-state index is 13.5. The minimum atomic E-state index is -1.03. The Hall–Kier alpha value is -3.05. The molecule has 4 nitrogen and oxygen atoms in total. The molecule has 1 aliphatic rings. The second-order valence-electron chi connectivity index (χ2n) is 7.61. The van der Waals surface area contributed by atoms with Gasteiger partial charge in [0.1, 0.15) is 5.54 Å². The second kappa shape index (κ2) is 8.36. The van der Waals surface area contributed by atoms with Crippen LogP contribution in [0.3, 0.4) is 0 Å². The molecule has 0 saturated heterocycles. The summed E-state index contributed by atoms with van der Waals surface area (Å²) in [6.07, 6.45) is 2.47. The highest BCUT2D eigenvalue weighted by atomic mass is 32.2. The summed E-state index contributed by atoms with van der Waals surface area (Å²) in [5.41, 5.74) is 2.27. The number of nitrogens with zero attached hydrogens (tertiary/aromatic N) is 1. The van der Waals surface area contributed by atoms with Gasteiger partial charge in [0, 0.05) is 29.1 Å². The van der Waals surface area contributed by atoms with Crippen molar-refractivity contribution in [1.29, 1.82) is 0 Å². The van der Waals surface area contributed by atoms with E-state index < -0.39 is 5.54 Å². The van der Waals surface area contributed by atoms with Crippen LogP contribution in [0.25, 0.3) is 0 Å². The number of amides is 2. The Kier molecular flexibility index (Phi) is 5.64. The number of rotatable bonds is 5. The Morgan fingerprint density at radius 3 is 2.37 bits per heavy atom. The van der Waals surface area contributed by atoms with Gasteiger partial charge >= 0.3 is 0 Å². The molecule has 3 aromatic carbocycles. The lowest BCUT2D eigenvalue weighted by Crippen LogP contribution is -2.63. The summed E-state index contributed by atoms with van der Waals surface area (Å²) in [6, 6.07) is 25.1. The molecule has 4 rings (SSSR count). The zero-order chi connectivity index (χ0) is 21.1. The number of anilines is 1. The van der Waals surface area contributed by atoms with Gasteiger partial charge in [-0.1, -0.05) is 48.5 Å². The van der Waals surface area contributed by atoms with E-state index >= 15 is 0 Å². The molecule has 3 aromatic rings. The number of hydrogen-bond donors (Lipinski definition) is 1. The first-order chi connectivity index (χ1) is 14.5. The lowest BCUT2D eigenvalue weighted by molar-refractivity contribution is -0.126. The van der Waals surface area contributed by atoms with Crippen molar-refractivity contribution in [3.05, 3.63) is 95.6 Å². The molecule has 5 heteroatoms. The third-order valence-corrected chi connectivity index (χ3v) is 6.34. The third-order valence-electron chi connectivity index (χ3n) is 5.59. The van der Waals surface area contributed by atoms with Crippen LogP contribution in [0.15, 0.2) is 83.8 Å². The molecule has 2 amide bonds. The van der Waals surface area contributed by atoms with Crippen molar-refractivity contribution in [1.82, 2.24) is 5.32 Å². The van der Waals surface area contributed by atoms with Gasteiger partial charge in [0.05, 0.1) is 0 Å². The van der Waals surface area contributed by atoms with Gasteiger partial charge in [0.25, 0.3) is 5.91 Å². The first-order valence-electron chi connectivity index (χ1n) is 9.92. The predicted octanol–water partition coefficient (Wildman–Crippen LogP) is 4.69. The molecule has 1 aliphatic heterocycles. The molecule has 152 valence electrons. The van der Waals surface area contributed by atoms with Gasteiger partial charge in [0.15, 0.2) is 0 Å². The highest BCUT2D eigenvalue weighted by Gasteiger charge is 2.47. The number of carbonyl (C=O) groups excluding carboxylic acids is 2. The molecular formula is C25H24N2O2S. The average Bonchev–Trinajstić information content (AvgIpc) is 2.78. The number of thioether (sulfide) groups is 1. The van der Waals surface area contributed by atoms with E-state index in [2.05, 4.69) is 5.32 Å². The summed E-state index contributed by atoms with van der Waals surface area (Å²) in [5.74, 6) is -0.311. The van der Waals surface area contributed by atoms with Crippen LogP contribution >= 0.6 is 11.8 Å². The third kappa shape index (κ3) is 3.73. The van der Waals surface area contributed by atoms with Crippen molar-refractivity contribution < 1.29 is 9.59 Å². The lowest BCUT2D eigenvalue weighted by Gasteiger charge is -2.44. The van der Waals surface area contributed by atoms with Gasteiger partial charge in [-0.2, -0.15) is 0 Å². The molecule has 0 bridgehead atoms. The Bertz CT molecular complexity index is 1070. The van der Waals surface area contributed by atoms with Crippen LogP contribution in [0.4, 0.5) is 5.69 Å². The van der Waals surface area contributed by atoms with Gasteiger partial charge < -0.3 is 5.32 Å². The fraction of sp³-hybridized carbons (Fsp3) is 0.200. The largest absolute Gasteiger partial charge is 0.350 e. The molecule has 0 radical (unpaired) electrons. The van der Waals surface area contributed by atoms with Crippen LogP contribution in [0, 0.1) is 0 Å². The Morgan fingerprint density at radius 2 is 1.67 bits per heavy atom. The zero-order valence-corrected chi connectivity index (χ0v) is 17.9. The number of fused-ring (bicyclic) bond motifs is 1. The quantitative estimate of drug-likeness (QED) is 0.614. The van der Waals surface area contributed by atoms with E-state index in [0.29, 0.717) is 18.5 Å². The molecule has 1 heterocycles. The van der Waals surface area contributed by atoms with Crippen LogP contribution in [0.5, 0.6) is 0 Å². The highest BCUT2D eigenvalue weighted by Crippen LogP contribution is 2.36. The number of hydrogen-bond acceptors (Lipinski definition) is 3. The van der Waals surface area contributed by atoms with Crippen LogP contribution in [0.1, 0.15) is 28.4 Å². The van der Waals surface area contributed by atoms with E-state index in [1.54, 1.807) is 16.7 Å². The van der Waals surface area contributed by atoms with Crippen molar-refractivity contribution in [2.75, 3.05) is 11.2 Å². The minimum Gasteiger partial charge on any atom is -0.350 e. The predicted molar refractivity (Wildman–Crippen MR) is 122 cm³/mol. The zero-order valence-electron chi connectivity index (χ0n) is 17.1. The fourth-order valence-electron chi connectivity index (χ4n) is 3.96. The van der Waals surface area contributed by atoms with Crippen molar-refractivity contribution >= 4 is 29.3 Å². The van der Waals surface area contributed by atoms with Gasteiger partial charge in [-0.25, -0.2) is 0 Å². The summed E-state index contributed by atoms with van der Waals surface area (Å²) in [5, 5.41) is 3.05. The molecule has 0 unspecified atom stereocenters. The standard InChI is InChI=1S/C25H24N2O2S/c1-25(24(29)26-17-18-8-4-3-5-9-18)16-19-10-6-7-11-22(19)23(28)27(25)20-12-14-21(30-2)15-13-20/h3-15H,16-17H2,1-2H3,(H,26,29)/t25-/m0/s1. The van der Waals surface area contributed by atoms with E-state index in [0.717, 1.165) is 21.7 Å². The Labute approximate surface area is 181 Å². The van der Waals surface area contributed by atoms with Gasteiger partial charge in [-0.3, -0.25) is 14.5 Å². The molecule has 0 fully saturated rings. The molecule has 30 heavy (non-hydrogen) atoms.